The summed E-state index contributed by atoms with van der Waals surface area (Å²) in [5.74, 6) is -1.00. The number of benzene rings is 1. The molecule has 1 saturated carbocycles. The number of primary amides is 1. The van der Waals surface area contributed by atoms with Gasteiger partial charge in [0.15, 0.2) is 0 Å². The molecule has 0 heterocycles. The van der Waals surface area contributed by atoms with Gasteiger partial charge in [0.05, 0.1) is 0 Å². The lowest BCUT2D eigenvalue weighted by Crippen LogP contribution is -2.35. The molecule has 0 unspecified atom stereocenters. The van der Waals surface area contributed by atoms with Crippen molar-refractivity contribution in [2.45, 2.75) is 44.6 Å². The molecule has 19 heavy (non-hydrogen) atoms. The standard InChI is InChI=1S/C15H20N2O2/c16-14(18)15(19)17-10-11-6-8-13(9-7-11)12-4-2-1-3-5-12/h6-9,12H,1-5,10H2,(H2,16,18)(H,17,19). The van der Waals surface area contributed by atoms with E-state index in [1.807, 2.05) is 12.1 Å². The van der Waals surface area contributed by atoms with Crippen molar-refractivity contribution in [3.63, 3.8) is 0 Å². The summed E-state index contributed by atoms with van der Waals surface area (Å²) >= 11 is 0. The average molecular weight is 260 g/mol. The van der Waals surface area contributed by atoms with Crippen LogP contribution in [-0.2, 0) is 16.1 Å². The third kappa shape index (κ3) is 3.81. The minimum atomic E-state index is -0.946. The second-order valence-electron chi connectivity index (χ2n) is 5.12. The molecule has 1 aromatic rings. The summed E-state index contributed by atoms with van der Waals surface area (Å²) in [7, 11) is 0. The fourth-order valence-electron chi connectivity index (χ4n) is 2.61. The van der Waals surface area contributed by atoms with Crippen LogP contribution in [0.1, 0.15) is 49.1 Å². The number of carbonyl (C=O) groups is 2. The lowest BCUT2D eigenvalue weighted by atomic mass is 9.84. The molecule has 1 fully saturated rings. The van der Waals surface area contributed by atoms with E-state index in [2.05, 4.69) is 17.4 Å². The molecule has 0 radical (unpaired) electrons. The molecule has 102 valence electrons. The molecule has 0 saturated heterocycles. The fraction of sp³-hybridized carbons (Fsp3) is 0.467. The van der Waals surface area contributed by atoms with Crippen LogP contribution in [-0.4, -0.2) is 11.8 Å². The van der Waals surface area contributed by atoms with Crippen LogP contribution >= 0.6 is 0 Å². The topological polar surface area (TPSA) is 72.2 Å². The lowest BCUT2D eigenvalue weighted by molar-refractivity contribution is -0.137. The van der Waals surface area contributed by atoms with Gasteiger partial charge in [-0.05, 0) is 29.9 Å². The molecule has 4 nitrogen and oxygen atoms in total. The molecule has 2 amide bonds. The highest BCUT2D eigenvalue weighted by Gasteiger charge is 2.15. The molecule has 1 aliphatic carbocycles. The maximum Gasteiger partial charge on any atom is 0.309 e. The van der Waals surface area contributed by atoms with Crippen molar-refractivity contribution in [1.29, 1.82) is 0 Å². The van der Waals surface area contributed by atoms with Gasteiger partial charge in [-0.1, -0.05) is 43.5 Å². The Labute approximate surface area is 113 Å². The fourth-order valence-corrected chi connectivity index (χ4v) is 2.61. The molecule has 0 atom stereocenters. The molecule has 0 aromatic heterocycles. The third-order valence-corrected chi connectivity index (χ3v) is 3.73. The third-order valence-electron chi connectivity index (χ3n) is 3.73. The number of nitrogens with two attached hydrogens (primary N) is 1. The van der Waals surface area contributed by atoms with E-state index in [1.54, 1.807) is 0 Å². The van der Waals surface area contributed by atoms with E-state index in [-0.39, 0.29) is 0 Å². The molecule has 2 rings (SSSR count). The largest absolute Gasteiger partial charge is 0.361 e. The summed E-state index contributed by atoms with van der Waals surface area (Å²) in [5, 5.41) is 2.48. The van der Waals surface area contributed by atoms with Gasteiger partial charge in [-0.15, -0.1) is 0 Å². The van der Waals surface area contributed by atoms with Crippen molar-refractivity contribution >= 4 is 11.8 Å². The van der Waals surface area contributed by atoms with Gasteiger partial charge >= 0.3 is 11.8 Å². The van der Waals surface area contributed by atoms with E-state index in [0.29, 0.717) is 12.5 Å². The highest BCUT2D eigenvalue weighted by atomic mass is 16.2. The number of amides is 2. The maximum atomic E-state index is 11.0. The van der Waals surface area contributed by atoms with Crippen LogP contribution < -0.4 is 11.1 Å². The molecular weight excluding hydrogens is 240 g/mol. The van der Waals surface area contributed by atoms with Gasteiger partial charge in [0.1, 0.15) is 0 Å². The summed E-state index contributed by atoms with van der Waals surface area (Å²) < 4.78 is 0. The number of hydrogen-bond acceptors (Lipinski definition) is 2. The first kappa shape index (κ1) is 13.6. The van der Waals surface area contributed by atoms with Gasteiger partial charge in [-0.3, -0.25) is 9.59 Å². The molecular formula is C15H20N2O2. The minimum absolute atomic E-state index is 0.340. The van der Waals surface area contributed by atoms with Crippen molar-refractivity contribution in [2.24, 2.45) is 5.73 Å². The predicted octanol–water partition coefficient (Wildman–Crippen LogP) is 1.84. The second-order valence-corrected chi connectivity index (χ2v) is 5.12. The normalized spacial score (nSPS) is 16.0. The predicted molar refractivity (Wildman–Crippen MR) is 73.3 cm³/mol. The van der Waals surface area contributed by atoms with Crippen molar-refractivity contribution in [2.75, 3.05) is 0 Å². The van der Waals surface area contributed by atoms with Crippen LogP contribution in [0.4, 0.5) is 0 Å². The number of hydrogen-bond donors (Lipinski definition) is 2. The van der Waals surface area contributed by atoms with Gasteiger partial charge in [0.2, 0.25) is 0 Å². The van der Waals surface area contributed by atoms with Gasteiger partial charge < -0.3 is 11.1 Å². The number of nitrogens with one attached hydrogen (secondary N) is 1. The zero-order valence-corrected chi connectivity index (χ0v) is 11.0. The van der Waals surface area contributed by atoms with Crippen molar-refractivity contribution in [1.82, 2.24) is 5.32 Å². The van der Waals surface area contributed by atoms with E-state index < -0.39 is 11.8 Å². The van der Waals surface area contributed by atoms with Crippen LogP contribution in [0.5, 0.6) is 0 Å². The van der Waals surface area contributed by atoms with Gasteiger partial charge in [-0.25, -0.2) is 0 Å². The Morgan fingerprint density at radius 1 is 1.11 bits per heavy atom. The van der Waals surface area contributed by atoms with Gasteiger partial charge in [-0.2, -0.15) is 0 Å². The van der Waals surface area contributed by atoms with Crippen LogP contribution in [0.3, 0.4) is 0 Å². The highest BCUT2D eigenvalue weighted by Crippen LogP contribution is 2.32. The second kappa shape index (κ2) is 6.36. The summed E-state index contributed by atoms with van der Waals surface area (Å²) in [6.07, 6.45) is 6.55. The SMILES string of the molecule is NC(=O)C(=O)NCc1ccc(C2CCCCC2)cc1. The summed E-state index contributed by atoms with van der Waals surface area (Å²) in [6, 6.07) is 8.26. The smallest absolute Gasteiger partial charge is 0.309 e. The highest BCUT2D eigenvalue weighted by molar-refractivity contribution is 6.34. The van der Waals surface area contributed by atoms with Crippen molar-refractivity contribution in [3.8, 4) is 0 Å². The lowest BCUT2D eigenvalue weighted by Gasteiger charge is -2.22. The maximum absolute atomic E-state index is 11.0. The average Bonchev–Trinajstić information content (AvgIpc) is 2.46. The Hall–Kier alpha value is -1.84. The molecule has 4 heteroatoms. The molecule has 0 aliphatic heterocycles. The minimum Gasteiger partial charge on any atom is -0.361 e. The summed E-state index contributed by atoms with van der Waals surface area (Å²) in [5.41, 5.74) is 7.23. The van der Waals surface area contributed by atoms with Crippen LogP contribution in [0.2, 0.25) is 0 Å². The first-order valence-corrected chi connectivity index (χ1v) is 6.83. The van der Waals surface area contributed by atoms with E-state index in [4.69, 9.17) is 5.73 Å². The van der Waals surface area contributed by atoms with Gasteiger partial charge in [0, 0.05) is 6.54 Å². The zero-order valence-electron chi connectivity index (χ0n) is 11.0. The van der Waals surface area contributed by atoms with E-state index >= 15 is 0 Å². The van der Waals surface area contributed by atoms with Gasteiger partial charge in [0.25, 0.3) is 0 Å². The van der Waals surface area contributed by atoms with Crippen LogP contribution in [0.25, 0.3) is 0 Å². The van der Waals surface area contributed by atoms with Crippen molar-refractivity contribution in [3.05, 3.63) is 35.4 Å². The van der Waals surface area contributed by atoms with Crippen molar-refractivity contribution < 1.29 is 9.59 Å². The Morgan fingerprint density at radius 3 is 2.32 bits per heavy atom. The molecule has 1 aliphatic rings. The summed E-state index contributed by atoms with van der Waals surface area (Å²) in [4.78, 5) is 21.6. The Kier molecular flexibility index (Phi) is 4.55. The first-order valence-electron chi connectivity index (χ1n) is 6.83. The summed E-state index contributed by atoms with van der Waals surface area (Å²) in [6.45, 7) is 0.340. The zero-order chi connectivity index (χ0) is 13.7. The monoisotopic (exact) mass is 260 g/mol. The quantitative estimate of drug-likeness (QED) is 0.814. The molecule has 1 aromatic carbocycles. The van der Waals surface area contributed by atoms with E-state index in [9.17, 15) is 9.59 Å². The Morgan fingerprint density at radius 2 is 1.74 bits per heavy atom. The number of carbonyl (C=O) groups excluding carboxylic acids is 2. The molecule has 3 N–H and O–H groups in total. The first-order chi connectivity index (χ1) is 9.16. The Bertz CT molecular complexity index is 448. The van der Waals surface area contributed by atoms with Crippen LogP contribution in [0.15, 0.2) is 24.3 Å². The van der Waals surface area contributed by atoms with E-state index in [1.165, 1.54) is 37.7 Å². The van der Waals surface area contributed by atoms with Crippen LogP contribution in [0, 0.1) is 0 Å². The Balaban J connectivity index is 1.90. The molecule has 0 bridgehead atoms. The number of rotatable bonds is 3. The molecule has 0 spiro atoms. The van der Waals surface area contributed by atoms with E-state index in [0.717, 1.165) is 5.56 Å².